The Hall–Kier alpha value is -2.15. The quantitative estimate of drug-likeness (QED) is 0.828. The van der Waals surface area contributed by atoms with Gasteiger partial charge in [-0.25, -0.2) is 9.78 Å². The second kappa shape index (κ2) is 6.31. The Morgan fingerprint density at radius 2 is 2.09 bits per heavy atom. The minimum atomic E-state index is -0.833. The van der Waals surface area contributed by atoms with Crippen LogP contribution in [0.2, 0.25) is 0 Å². The molecule has 0 aliphatic carbocycles. The standard InChI is InChI=1S/C15H19N3O3S/c1-5-21-13(20)15(3,4)18-10-6-7-12-11(8-10)17-14(22-12)16-9(2)19/h6-8,18H,5H2,1-4H3,(H,16,17,19). The van der Waals surface area contributed by atoms with Crippen molar-refractivity contribution in [1.82, 2.24) is 4.98 Å². The Bertz CT molecular complexity index is 709. The molecule has 0 bridgehead atoms. The summed E-state index contributed by atoms with van der Waals surface area (Å²) in [5.41, 5.74) is 0.698. The van der Waals surface area contributed by atoms with Gasteiger partial charge in [0.15, 0.2) is 5.13 Å². The zero-order valence-electron chi connectivity index (χ0n) is 13.0. The first-order valence-electron chi connectivity index (χ1n) is 6.95. The van der Waals surface area contributed by atoms with E-state index in [1.807, 2.05) is 18.2 Å². The molecule has 0 atom stereocenters. The molecule has 6 nitrogen and oxygen atoms in total. The minimum Gasteiger partial charge on any atom is -0.464 e. The SMILES string of the molecule is CCOC(=O)C(C)(C)Nc1ccc2sc(NC(C)=O)nc2c1. The summed E-state index contributed by atoms with van der Waals surface area (Å²) < 4.78 is 6.01. The molecule has 0 fully saturated rings. The van der Waals surface area contributed by atoms with E-state index in [4.69, 9.17) is 4.74 Å². The molecule has 2 rings (SSSR count). The lowest BCUT2D eigenvalue weighted by Gasteiger charge is -2.25. The number of fused-ring (bicyclic) bond motifs is 1. The van der Waals surface area contributed by atoms with Crippen LogP contribution in [0.1, 0.15) is 27.7 Å². The van der Waals surface area contributed by atoms with Crippen LogP contribution < -0.4 is 10.6 Å². The predicted molar refractivity (Wildman–Crippen MR) is 88.3 cm³/mol. The van der Waals surface area contributed by atoms with Gasteiger partial charge in [0.25, 0.3) is 0 Å². The van der Waals surface area contributed by atoms with Crippen LogP contribution in [0.5, 0.6) is 0 Å². The molecule has 0 radical (unpaired) electrons. The Kier molecular flexibility index (Phi) is 4.65. The van der Waals surface area contributed by atoms with Gasteiger partial charge in [-0.2, -0.15) is 0 Å². The summed E-state index contributed by atoms with van der Waals surface area (Å²) in [6.07, 6.45) is 0. The molecule has 1 amide bonds. The van der Waals surface area contributed by atoms with Gasteiger partial charge >= 0.3 is 5.97 Å². The molecule has 2 N–H and O–H groups in total. The number of esters is 1. The summed E-state index contributed by atoms with van der Waals surface area (Å²) in [6.45, 7) is 7.09. The molecule has 2 aromatic rings. The topological polar surface area (TPSA) is 80.3 Å². The number of hydrogen-bond donors (Lipinski definition) is 2. The highest BCUT2D eigenvalue weighted by molar-refractivity contribution is 7.22. The highest BCUT2D eigenvalue weighted by Crippen LogP contribution is 2.29. The maximum absolute atomic E-state index is 11.9. The number of rotatable bonds is 5. The fourth-order valence-corrected chi connectivity index (χ4v) is 2.82. The molecule has 0 saturated heterocycles. The van der Waals surface area contributed by atoms with Crippen molar-refractivity contribution >= 4 is 44.2 Å². The number of thiazole rings is 1. The van der Waals surface area contributed by atoms with Crippen LogP contribution in [-0.4, -0.2) is 29.0 Å². The van der Waals surface area contributed by atoms with Crippen molar-refractivity contribution in [3.63, 3.8) is 0 Å². The number of ether oxygens (including phenoxy) is 1. The van der Waals surface area contributed by atoms with E-state index in [-0.39, 0.29) is 11.9 Å². The van der Waals surface area contributed by atoms with E-state index in [0.717, 1.165) is 15.9 Å². The lowest BCUT2D eigenvalue weighted by molar-refractivity contribution is -0.147. The minimum absolute atomic E-state index is 0.152. The second-order valence-electron chi connectivity index (χ2n) is 5.35. The van der Waals surface area contributed by atoms with Crippen molar-refractivity contribution < 1.29 is 14.3 Å². The van der Waals surface area contributed by atoms with Crippen LogP contribution in [-0.2, 0) is 14.3 Å². The van der Waals surface area contributed by atoms with E-state index in [0.29, 0.717) is 11.7 Å². The monoisotopic (exact) mass is 321 g/mol. The number of nitrogens with one attached hydrogen (secondary N) is 2. The van der Waals surface area contributed by atoms with Gasteiger partial charge < -0.3 is 15.4 Å². The van der Waals surface area contributed by atoms with Crippen LogP contribution in [0.4, 0.5) is 10.8 Å². The number of nitrogens with zero attached hydrogens (tertiary/aromatic N) is 1. The molecule has 1 aromatic carbocycles. The Balaban J connectivity index is 2.22. The van der Waals surface area contributed by atoms with Gasteiger partial charge in [-0.1, -0.05) is 11.3 Å². The fourth-order valence-electron chi connectivity index (χ4n) is 1.93. The van der Waals surface area contributed by atoms with Crippen molar-refractivity contribution in [1.29, 1.82) is 0 Å². The molecule has 0 aliphatic rings. The van der Waals surface area contributed by atoms with Crippen LogP contribution in [0, 0.1) is 0 Å². The van der Waals surface area contributed by atoms with E-state index < -0.39 is 5.54 Å². The summed E-state index contributed by atoms with van der Waals surface area (Å²) in [5.74, 6) is -0.465. The zero-order chi connectivity index (χ0) is 16.3. The van der Waals surface area contributed by atoms with Crippen LogP contribution in [0.3, 0.4) is 0 Å². The van der Waals surface area contributed by atoms with Gasteiger partial charge in [0, 0.05) is 12.6 Å². The first-order valence-corrected chi connectivity index (χ1v) is 7.77. The highest BCUT2D eigenvalue weighted by Gasteiger charge is 2.28. The van der Waals surface area contributed by atoms with Crippen molar-refractivity contribution in [2.45, 2.75) is 33.2 Å². The largest absolute Gasteiger partial charge is 0.464 e. The van der Waals surface area contributed by atoms with Crippen molar-refractivity contribution in [2.24, 2.45) is 0 Å². The van der Waals surface area contributed by atoms with E-state index in [9.17, 15) is 9.59 Å². The highest BCUT2D eigenvalue weighted by atomic mass is 32.1. The van der Waals surface area contributed by atoms with Gasteiger partial charge in [0.2, 0.25) is 5.91 Å². The zero-order valence-corrected chi connectivity index (χ0v) is 13.8. The number of hydrogen-bond acceptors (Lipinski definition) is 6. The number of amides is 1. The summed E-state index contributed by atoms with van der Waals surface area (Å²) in [6, 6.07) is 5.62. The van der Waals surface area contributed by atoms with Crippen molar-refractivity contribution in [3.05, 3.63) is 18.2 Å². The van der Waals surface area contributed by atoms with Gasteiger partial charge in [-0.15, -0.1) is 0 Å². The molecule has 1 heterocycles. The molecule has 0 aliphatic heterocycles. The molecular formula is C15H19N3O3S. The first-order chi connectivity index (χ1) is 10.3. The maximum Gasteiger partial charge on any atom is 0.331 e. The summed E-state index contributed by atoms with van der Waals surface area (Å²) in [5, 5.41) is 6.38. The van der Waals surface area contributed by atoms with Crippen LogP contribution >= 0.6 is 11.3 Å². The average Bonchev–Trinajstić information content (AvgIpc) is 2.78. The molecular weight excluding hydrogens is 302 g/mol. The molecule has 1 aromatic heterocycles. The number of carbonyl (C=O) groups is 2. The summed E-state index contributed by atoms with van der Waals surface area (Å²) >= 11 is 1.40. The smallest absolute Gasteiger partial charge is 0.331 e. The van der Waals surface area contributed by atoms with Crippen molar-refractivity contribution in [3.8, 4) is 0 Å². The van der Waals surface area contributed by atoms with Crippen molar-refractivity contribution in [2.75, 3.05) is 17.2 Å². The molecule has 0 saturated carbocycles. The van der Waals surface area contributed by atoms with Crippen LogP contribution in [0.15, 0.2) is 18.2 Å². The Labute approximate surface area is 132 Å². The molecule has 0 spiro atoms. The maximum atomic E-state index is 11.9. The molecule has 22 heavy (non-hydrogen) atoms. The summed E-state index contributed by atoms with van der Waals surface area (Å²) in [7, 11) is 0. The van der Waals surface area contributed by atoms with Gasteiger partial charge in [0.1, 0.15) is 5.54 Å². The number of aromatic nitrogens is 1. The van der Waals surface area contributed by atoms with Gasteiger partial charge in [-0.05, 0) is 39.0 Å². The van der Waals surface area contributed by atoms with E-state index >= 15 is 0 Å². The Morgan fingerprint density at radius 1 is 1.36 bits per heavy atom. The summed E-state index contributed by atoms with van der Waals surface area (Å²) in [4.78, 5) is 27.3. The first kappa shape index (κ1) is 16.2. The lowest BCUT2D eigenvalue weighted by Crippen LogP contribution is -2.41. The van der Waals surface area contributed by atoms with Crippen LogP contribution in [0.25, 0.3) is 10.2 Å². The third-order valence-corrected chi connectivity index (χ3v) is 3.86. The normalized spacial score (nSPS) is 11.3. The van der Waals surface area contributed by atoms with Gasteiger partial charge in [-0.3, -0.25) is 4.79 Å². The lowest BCUT2D eigenvalue weighted by atomic mass is 10.1. The molecule has 118 valence electrons. The third-order valence-electron chi connectivity index (χ3n) is 2.91. The Morgan fingerprint density at radius 3 is 2.73 bits per heavy atom. The fraction of sp³-hybridized carbons (Fsp3) is 0.400. The third kappa shape index (κ3) is 3.73. The van der Waals surface area contributed by atoms with E-state index in [1.165, 1.54) is 18.3 Å². The number of carbonyl (C=O) groups excluding carboxylic acids is 2. The average molecular weight is 321 g/mol. The van der Waals surface area contributed by atoms with E-state index in [2.05, 4.69) is 15.6 Å². The molecule has 0 unspecified atom stereocenters. The number of benzene rings is 1. The molecule has 7 heteroatoms. The predicted octanol–water partition coefficient (Wildman–Crippen LogP) is 3.01. The van der Waals surface area contributed by atoms with Gasteiger partial charge in [0.05, 0.1) is 16.8 Å². The second-order valence-corrected chi connectivity index (χ2v) is 6.38. The van der Waals surface area contributed by atoms with E-state index in [1.54, 1.807) is 20.8 Å². The number of anilines is 2.